The number of rotatable bonds is 3. The number of hydrogen-bond acceptors (Lipinski definition) is 2. The number of hydrogen-bond donors (Lipinski definition) is 0. The molecule has 2 aliphatic rings. The Labute approximate surface area is 97.9 Å². The summed E-state index contributed by atoms with van der Waals surface area (Å²) in [6, 6.07) is 0. The summed E-state index contributed by atoms with van der Waals surface area (Å²) in [5.41, 5.74) is -0.0262. The molecule has 0 aromatic carbocycles. The van der Waals surface area contributed by atoms with Crippen LogP contribution in [0.4, 0.5) is 0 Å². The SMILES string of the molecule is CC1(C)CN(CC2CCC2)CC(CCl)O1. The number of nitrogens with zero attached hydrogens (tertiary/aromatic N) is 1. The van der Waals surface area contributed by atoms with Gasteiger partial charge in [0.1, 0.15) is 0 Å². The first-order valence-electron chi connectivity index (χ1n) is 6.05. The van der Waals surface area contributed by atoms with Crippen molar-refractivity contribution in [2.75, 3.05) is 25.5 Å². The Bertz CT molecular complexity index is 214. The first kappa shape index (κ1) is 11.7. The van der Waals surface area contributed by atoms with Crippen LogP contribution in [0.2, 0.25) is 0 Å². The highest BCUT2D eigenvalue weighted by Gasteiger charge is 2.34. The van der Waals surface area contributed by atoms with E-state index in [0.29, 0.717) is 5.88 Å². The average Bonchev–Trinajstić information content (AvgIpc) is 2.09. The van der Waals surface area contributed by atoms with Crippen LogP contribution >= 0.6 is 11.6 Å². The fraction of sp³-hybridized carbons (Fsp3) is 1.00. The summed E-state index contributed by atoms with van der Waals surface area (Å²) in [7, 11) is 0. The van der Waals surface area contributed by atoms with Crippen LogP contribution in [0, 0.1) is 5.92 Å². The van der Waals surface area contributed by atoms with Gasteiger partial charge in [-0.25, -0.2) is 0 Å². The number of ether oxygens (including phenoxy) is 1. The van der Waals surface area contributed by atoms with Crippen LogP contribution in [-0.2, 0) is 4.74 Å². The minimum atomic E-state index is -0.0262. The molecule has 0 bridgehead atoms. The van der Waals surface area contributed by atoms with Gasteiger partial charge in [0.25, 0.3) is 0 Å². The lowest BCUT2D eigenvalue weighted by atomic mass is 9.84. The molecule has 0 radical (unpaired) electrons. The molecule has 1 saturated carbocycles. The van der Waals surface area contributed by atoms with E-state index in [1.807, 2.05) is 0 Å². The number of morpholine rings is 1. The molecule has 0 N–H and O–H groups in total. The van der Waals surface area contributed by atoms with Crippen LogP contribution in [0.25, 0.3) is 0 Å². The van der Waals surface area contributed by atoms with Gasteiger partial charge in [-0.1, -0.05) is 6.42 Å². The van der Waals surface area contributed by atoms with E-state index in [9.17, 15) is 0 Å². The van der Waals surface area contributed by atoms with Gasteiger partial charge in [0, 0.05) is 25.5 Å². The van der Waals surface area contributed by atoms with Gasteiger partial charge in [-0.15, -0.1) is 11.6 Å². The molecule has 0 aromatic heterocycles. The Kier molecular flexibility index (Phi) is 3.59. The van der Waals surface area contributed by atoms with Gasteiger partial charge in [-0.05, 0) is 32.6 Å². The van der Waals surface area contributed by atoms with Crippen molar-refractivity contribution in [2.45, 2.75) is 44.8 Å². The van der Waals surface area contributed by atoms with E-state index in [-0.39, 0.29) is 11.7 Å². The van der Waals surface area contributed by atoms with Gasteiger partial charge in [0.2, 0.25) is 0 Å². The molecule has 1 aliphatic carbocycles. The molecule has 0 aromatic rings. The van der Waals surface area contributed by atoms with E-state index in [4.69, 9.17) is 16.3 Å². The van der Waals surface area contributed by atoms with Gasteiger partial charge in [-0.3, -0.25) is 4.90 Å². The maximum Gasteiger partial charge on any atom is 0.0844 e. The normalized spacial score (nSPS) is 32.6. The highest BCUT2D eigenvalue weighted by Crippen LogP contribution is 2.29. The quantitative estimate of drug-likeness (QED) is 0.693. The minimum Gasteiger partial charge on any atom is -0.368 e. The number of halogens is 1. The lowest BCUT2D eigenvalue weighted by molar-refractivity contribution is -0.131. The van der Waals surface area contributed by atoms with Crippen molar-refractivity contribution < 1.29 is 4.74 Å². The maximum absolute atomic E-state index is 5.91. The Balaban J connectivity index is 1.87. The van der Waals surface area contributed by atoms with Crippen LogP contribution in [0.3, 0.4) is 0 Å². The third-order valence-electron chi connectivity index (χ3n) is 3.47. The highest BCUT2D eigenvalue weighted by molar-refractivity contribution is 6.18. The smallest absolute Gasteiger partial charge is 0.0844 e. The highest BCUT2D eigenvalue weighted by atomic mass is 35.5. The predicted molar refractivity (Wildman–Crippen MR) is 63.5 cm³/mol. The zero-order chi connectivity index (χ0) is 10.9. The molecule has 1 aliphatic heterocycles. The second-order valence-electron chi connectivity index (χ2n) is 5.64. The third-order valence-corrected chi connectivity index (χ3v) is 3.81. The molecule has 15 heavy (non-hydrogen) atoms. The Hall–Kier alpha value is 0.210. The average molecular weight is 232 g/mol. The second kappa shape index (κ2) is 4.60. The fourth-order valence-electron chi connectivity index (χ4n) is 2.68. The van der Waals surface area contributed by atoms with Crippen molar-refractivity contribution in [3.05, 3.63) is 0 Å². The molecule has 2 rings (SSSR count). The summed E-state index contributed by atoms with van der Waals surface area (Å²) in [6.45, 7) is 7.65. The lowest BCUT2D eigenvalue weighted by Gasteiger charge is -2.44. The van der Waals surface area contributed by atoms with Gasteiger partial charge in [0.15, 0.2) is 0 Å². The largest absolute Gasteiger partial charge is 0.368 e. The van der Waals surface area contributed by atoms with Gasteiger partial charge < -0.3 is 4.74 Å². The van der Waals surface area contributed by atoms with E-state index >= 15 is 0 Å². The summed E-state index contributed by atoms with van der Waals surface area (Å²) in [5.74, 6) is 1.56. The zero-order valence-corrected chi connectivity index (χ0v) is 10.6. The Morgan fingerprint density at radius 2 is 2.13 bits per heavy atom. The predicted octanol–water partition coefficient (Wildman–Crippen LogP) is 2.50. The topological polar surface area (TPSA) is 12.5 Å². The summed E-state index contributed by atoms with van der Waals surface area (Å²) < 4.78 is 5.91. The summed E-state index contributed by atoms with van der Waals surface area (Å²) in [6.07, 6.45) is 4.49. The van der Waals surface area contributed by atoms with E-state index in [1.54, 1.807) is 0 Å². The summed E-state index contributed by atoms with van der Waals surface area (Å²) >= 11 is 5.91. The Morgan fingerprint density at radius 3 is 2.67 bits per heavy atom. The monoisotopic (exact) mass is 231 g/mol. The lowest BCUT2D eigenvalue weighted by Crippen LogP contribution is -2.54. The van der Waals surface area contributed by atoms with E-state index in [2.05, 4.69) is 18.7 Å². The summed E-state index contributed by atoms with van der Waals surface area (Å²) in [4.78, 5) is 2.54. The number of alkyl halides is 1. The minimum absolute atomic E-state index is 0.0262. The van der Waals surface area contributed by atoms with Crippen molar-refractivity contribution in [2.24, 2.45) is 5.92 Å². The van der Waals surface area contributed by atoms with Crippen molar-refractivity contribution in [1.29, 1.82) is 0 Å². The van der Waals surface area contributed by atoms with Crippen molar-refractivity contribution in [3.63, 3.8) is 0 Å². The summed E-state index contributed by atoms with van der Waals surface area (Å²) in [5, 5.41) is 0. The van der Waals surface area contributed by atoms with E-state index < -0.39 is 0 Å². The van der Waals surface area contributed by atoms with Crippen molar-refractivity contribution >= 4 is 11.6 Å². The second-order valence-corrected chi connectivity index (χ2v) is 5.95. The zero-order valence-electron chi connectivity index (χ0n) is 9.84. The molecule has 1 saturated heterocycles. The van der Waals surface area contributed by atoms with Crippen LogP contribution in [0.5, 0.6) is 0 Å². The molecule has 2 nitrogen and oxygen atoms in total. The molecule has 2 fully saturated rings. The van der Waals surface area contributed by atoms with E-state index in [1.165, 1.54) is 25.8 Å². The molecule has 0 amide bonds. The fourth-order valence-corrected chi connectivity index (χ4v) is 2.84. The van der Waals surface area contributed by atoms with Crippen LogP contribution in [0.1, 0.15) is 33.1 Å². The van der Waals surface area contributed by atoms with Crippen LogP contribution < -0.4 is 0 Å². The molecule has 1 unspecified atom stereocenters. The van der Waals surface area contributed by atoms with Gasteiger partial charge >= 0.3 is 0 Å². The van der Waals surface area contributed by atoms with E-state index in [0.717, 1.165) is 19.0 Å². The standard InChI is InChI=1S/C12H22ClNO/c1-12(2)9-14(7-10-4-3-5-10)8-11(6-13)15-12/h10-11H,3-9H2,1-2H3. The molecular formula is C12H22ClNO. The van der Waals surface area contributed by atoms with Gasteiger partial charge in [-0.2, -0.15) is 0 Å². The molecule has 3 heteroatoms. The van der Waals surface area contributed by atoms with Crippen molar-refractivity contribution in [1.82, 2.24) is 4.90 Å². The molecule has 88 valence electrons. The Morgan fingerprint density at radius 1 is 1.40 bits per heavy atom. The maximum atomic E-state index is 5.91. The van der Waals surface area contributed by atoms with Crippen LogP contribution in [0.15, 0.2) is 0 Å². The van der Waals surface area contributed by atoms with Crippen LogP contribution in [-0.4, -0.2) is 42.1 Å². The van der Waals surface area contributed by atoms with Gasteiger partial charge in [0.05, 0.1) is 11.7 Å². The van der Waals surface area contributed by atoms with Crippen molar-refractivity contribution in [3.8, 4) is 0 Å². The first-order chi connectivity index (χ1) is 7.09. The molecule has 1 heterocycles. The molecule has 1 atom stereocenters. The third kappa shape index (κ3) is 3.08. The first-order valence-corrected chi connectivity index (χ1v) is 6.59. The molecule has 0 spiro atoms. The molecular weight excluding hydrogens is 210 g/mol.